The van der Waals surface area contributed by atoms with Crippen molar-refractivity contribution in [2.24, 2.45) is 0 Å². The molecule has 2 heterocycles. The molecule has 0 aliphatic carbocycles. The van der Waals surface area contributed by atoms with E-state index >= 15 is 0 Å². The standard InChI is InChI=1S/C21H30N8O/c1-6-7-10-23-18-16(13(2)24-20(22)25-18)12-14-11-15(8-9-17(14)30-5)21(3,4)19-26-28-29-27-19/h8-9,11H,6-7,10,12H2,1-5H3,(H3,22,23,24,25)(H,26,27,28,29). The quantitative estimate of drug-likeness (QED) is 0.459. The Balaban J connectivity index is 2.00. The molecule has 4 N–H and O–H groups in total. The van der Waals surface area contributed by atoms with Crippen molar-refractivity contribution in [3.05, 3.63) is 46.4 Å². The lowest BCUT2D eigenvalue weighted by atomic mass is 9.82. The Morgan fingerprint density at radius 2 is 2.03 bits per heavy atom. The number of nitrogens with two attached hydrogens (primary N) is 1. The molecule has 30 heavy (non-hydrogen) atoms. The van der Waals surface area contributed by atoms with Gasteiger partial charge in [-0.05, 0) is 44.4 Å². The molecule has 0 atom stereocenters. The highest BCUT2D eigenvalue weighted by molar-refractivity contribution is 5.54. The first kappa shape index (κ1) is 21.5. The third kappa shape index (κ3) is 4.50. The van der Waals surface area contributed by atoms with E-state index in [2.05, 4.69) is 62.7 Å². The Kier molecular flexibility index (Phi) is 6.49. The fourth-order valence-electron chi connectivity index (χ4n) is 3.41. The highest BCUT2D eigenvalue weighted by Gasteiger charge is 2.29. The zero-order chi connectivity index (χ0) is 21.7. The summed E-state index contributed by atoms with van der Waals surface area (Å²) in [5, 5.41) is 18.0. The topological polar surface area (TPSA) is 128 Å². The number of aryl methyl sites for hydroxylation is 1. The van der Waals surface area contributed by atoms with E-state index in [0.29, 0.717) is 12.2 Å². The number of aromatic amines is 1. The van der Waals surface area contributed by atoms with Gasteiger partial charge < -0.3 is 15.8 Å². The monoisotopic (exact) mass is 410 g/mol. The average molecular weight is 411 g/mol. The molecule has 0 aliphatic rings. The number of nitrogen functional groups attached to an aromatic ring is 1. The lowest BCUT2D eigenvalue weighted by Gasteiger charge is -2.23. The summed E-state index contributed by atoms with van der Waals surface area (Å²) in [6, 6.07) is 6.14. The number of H-pyrrole nitrogens is 1. The van der Waals surface area contributed by atoms with Crippen LogP contribution in [0.4, 0.5) is 11.8 Å². The predicted octanol–water partition coefficient (Wildman–Crippen LogP) is 3.02. The molecule has 160 valence electrons. The Morgan fingerprint density at radius 3 is 2.70 bits per heavy atom. The van der Waals surface area contributed by atoms with Gasteiger partial charge >= 0.3 is 0 Å². The molecule has 9 heteroatoms. The minimum absolute atomic E-state index is 0.272. The molecule has 0 spiro atoms. The Hall–Kier alpha value is -3.23. The number of hydrogen-bond acceptors (Lipinski definition) is 8. The molecule has 0 aliphatic heterocycles. The van der Waals surface area contributed by atoms with Crippen LogP contribution < -0.4 is 15.8 Å². The maximum absolute atomic E-state index is 5.91. The summed E-state index contributed by atoms with van der Waals surface area (Å²) in [4.78, 5) is 8.83. The van der Waals surface area contributed by atoms with Crippen LogP contribution in [-0.2, 0) is 11.8 Å². The smallest absolute Gasteiger partial charge is 0.222 e. The van der Waals surface area contributed by atoms with E-state index < -0.39 is 5.41 Å². The minimum atomic E-state index is -0.414. The zero-order valence-corrected chi connectivity index (χ0v) is 18.3. The summed E-state index contributed by atoms with van der Waals surface area (Å²) >= 11 is 0. The highest BCUT2D eigenvalue weighted by Crippen LogP contribution is 2.34. The number of nitrogens with zero attached hydrogens (tertiary/aromatic N) is 5. The van der Waals surface area contributed by atoms with Gasteiger partial charge in [-0.2, -0.15) is 10.2 Å². The van der Waals surface area contributed by atoms with Gasteiger partial charge in [0.2, 0.25) is 5.95 Å². The van der Waals surface area contributed by atoms with E-state index in [1.54, 1.807) is 7.11 Å². The molecule has 9 nitrogen and oxygen atoms in total. The number of nitrogens with one attached hydrogen (secondary N) is 2. The summed E-state index contributed by atoms with van der Waals surface area (Å²) in [7, 11) is 1.68. The van der Waals surface area contributed by atoms with Gasteiger partial charge in [0.15, 0.2) is 5.82 Å². The normalized spacial score (nSPS) is 11.5. The number of tetrazole rings is 1. The second-order valence-corrected chi connectivity index (χ2v) is 7.84. The molecule has 0 unspecified atom stereocenters. The van der Waals surface area contributed by atoms with Gasteiger partial charge in [-0.1, -0.05) is 30.7 Å². The van der Waals surface area contributed by atoms with Crippen LogP contribution in [-0.4, -0.2) is 44.2 Å². The van der Waals surface area contributed by atoms with E-state index in [9.17, 15) is 0 Å². The molecule has 0 saturated heterocycles. The molecule has 0 fully saturated rings. The largest absolute Gasteiger partial charge is 0.496 e. The van der Waals surface area contributed by atoms with Crippen LogP contribution in [0.25, 0.3) is 0 Å². The summed E-state index contributed by atoms with van der Waals surface area (Å²) in [5.41, 5.74) is 9.45. The third-order valence-corrected chi connectivity index (χ3v) is 5.33. The van der Waals surface area contributed by atoms with Crippen molar-refractivity contribution in [3.8, 4) is 5.75 Å². The Morgan fingerprint density at radius 1 is 1.23 bits per heavy atom. The van der Waals surface area contributed by atoms with Crippen molar-refractivity contribution in [2.75, 3.05) is 24.7 Å². The van der Waals surface area contributed by atoms with Crippen molar-refractivity contribution in [1.29, 1.82) is 0 Å². The molecule has 0 saturated carbocycles. The van der Waals surface area contributed by atoms with Crippen LogP contribution in [0.5, 0.6) is 5.75 Å². The van der Waals surface area contributed by atoms with Crippen molar-refractivity contribution < 1.29 is 4.74 Å². The number of hydrogen-bond donors (Lipinski definition) is 3. The number of unbranched alkanes of at least 4 members (excludes halogenated alkanes) is 1. The molecule has 1 aromatic carbocycles. The van der Waals surface area contributed by atoms with Gasteiger partial charge in [0.05, 0.1) is 12.5 Å². The number of anilines is 2. The molecule has 2 aromatic heterocycles. The average Bonchev–Trinajstić information content (AvgIpc) is 3.26. The second kappa shape index (κ2) is 9.06. The number of methoxy groups -OCH3 is 1. The van der Waals surface area contributed by atoms with Crippen LogP contribution in [0, 0.1) is 6.92 Å². The molecule has 0 radical (unpaired) electrons. The Bertz CT molecular complexity index is 985. The summed E-state index contributed by atoms with van der Waals surface area (Å²) < 4.78 is 5.64. The van der Waals surface area contributed by atoms with Crippen LogP contribution in [0.15, 0.2) is 18.2 Å². The van der Waals surface area contributed by atoms with Gasteiger partial charge in [0.25, 0.3) is 0 Å². The first-order valence-electron chi connectivity index (χ1n) is 10.1. The Labute approximate surface area is 176 Å². The van der Waals surface area contributed by atoms with Crippen molar-refractivity contribution in [2.45, 2.75) is 52.4 Å². The number of aromatic nitrogens is 6. The number of ether oxygens (including phenoxy) is 1. The summed E-state index contributed by atoms with van der Waals surface area (Å²) in [6.07, 6.45) is 2.77. The maximum atomic E-state index is 5.91. The SMILES string of the molecule is CCCCNc1nc(N)nc(C)c1Cc1cc(C(C)(C)c2nn[nH]n2)ccc1OC. The lowest BCUT2D eigenvalue weighted by molar-refractivity contribution is 0.410. The van der Waals surface area contributed by atoms with E-state index in [1.807, 2.05) is 19.1 Å². The van der Waals surface area contributed by atoms with Crippen molar-refractivity contribution in [3.63, 3.8) is 0 Å². The van der Waals surface area contributed by atoms with E-state index in [-0.39, 0.29) is 5.95 Å². The van der Waals surface area contributed by atoms with Crippen LogP contribution in [0.3, 0.4) is 0 Å². The van der Waals surface area contributed by atoms with E-state index in [4.69, 9.17) is 10.5 Å². The summed E-state index contributed by atoms with van der Waals surface area (Å²) in [5.74, 6) is 2.48. The van der Waals surface area contributed by atoms with Gasteiger partial charge in [0, 0.05) is 24.2 Å². The van der Waals surface area contributed by atoms with Crippen LogP contribution in [0.1, 0.15) is 61.8 Å². The first-order valence-corrected chi connectivity index (χ1v) is 10.1. The molecule has 0 bridgehead atoms. The maximum Gasteiger partial charge on any atom is 0.222 e. The highest BCUT2D eigenvalue weighted by atomic mass is 16.5. The molecule has 0 amide bonds. The fraction of sp³-hybridized carbons (Fsp3) is 0.476. The molecular formula is C21H30N8O. The molecular weight excluding hydrogens is 380 g/mol. The third-order valence-electron chi connectivity index (χ3n) is 5.33. The molecule has 3 rings (SSSR count). The van der Waals surface area contributed by atoms with E-state index in [1.165, 1.54) is 0 Å². The van der Waals surface area contributed by atoms with Gasteiger partial charge in [-0.15, -0.1) is 10.2 Å². The van der Waals surface area contributed by atoms with Gasteiger partial charge in [-0.3, -0.25) is 0 Å². The number of benzene rings is 1. The van der Waals surface area contributed by atoms with Crippen LogP contribution in [0.2, 0.25) is 0 Å². The minimum Gasteiger partial charge on any atom is -0.496 e. The van der Waals surface area contributed by atoms with Gasteiger partial charge in [0.1, 0.15) is 11.6 Å². The second-order valence-electron chi connectivity index (χ2n) is 7.84. The molecule has 3 aromatic rings. The van der Waals surface area contributed by atoms with Crippen molar-refractivity contribution in [1.82, 2.24) is 30.6 Å². The van der Waals surface area contributed by atoms with Crippen molar-refractivity contribution >= 4 is 11.8 Å². The van der Waals surface area contributed by atoms with Crippen LogP contribution >= 0.6 is 0 Å². The first-order chi connectivity index (χ1) is 14.4. The predicted molar refractivity (Wildman–Crippen MR) is 117 cm³/mol. The van der Waals surface area contributed by atoms with Gasteiger partial charge in [-0.25, -0.2) is 4.98 Å². The fourth-order valence-corrected chi connectivity index (χ4v) is 3.41. The zero-order valence-electron chi connectivity index (χ0n) is 18.3. The lowest BCUT2D eigenvalue weighted by Crippen LogP contribution is -2.21. The summed E-state index contributed by atoms with van der Waals surface area (Å²) in [6.45, 7) is 9.08. The van der Waals surface area contributed by atoms with E-state index in [0.717, 1.165) is 53.3 Å². The number of rotatable bonds is 9.